The first kappa shape index (κ1) is 18.6. The molecule has 29 heavy (non-hydrogen) atoms. The van der Waals surface area contributed by atoms with Gasteiger partial charge in [-0.05, 0) is 41.8 Å². The number of carbonyl (C=O) groups is 2. The van der Waals surface area contributed by atoms with Crippen molar-refractivity contribution in [2.45, 2.75) is 0 Å². The number of anilines is 2. The molecule has 0 spiro atoms. The summed E-state index contributed by atoms with van der Waals surface area (Å²) in [5.41, 5.74) is 1.95. The van der Waals surface area contributed by atoms with Crippen molar-refractivity contribution in [3.05, 3.63) is 92.9 Å². The van der Waals surface area contributed by atoms with E-state index in [-0.39, 0.29) is 17.4 Å². The molecule has 144 valence electrons. The number of nitrogens with zero attached hydrogens (tertiary/aromatic N) is 1. The van der Waals surface area contributed by atoms with E-state index in [0.717, 1.165) is 0 Å². The van der Waals surface area contributed by atoms with Crippen LogP contribution in [0, 0.1) is 0 Å². The number of hydrogen-bond acceptors (Lipinski definition) is 4. The summed E-state index contributed by atoms with van der Waals surface area (Å²) in [4.78, 5) is 37.7. The van der Waals surface area contributed by atoms with Crippen LogP contribution in [0.2, 0.25) is 0 Å². The van der Waals surface area contributed by atoms with Gasteiger partial charge in [-0.25, -0.2) is 0 Å². The zero-order valence-electron chi connectivity index (χ0n) is 15.5. The van der Waals surface area contributed by atoms with Gasteiger partial charge in [0.15, 0.2) is 0 Å². The summed E-state index contributed by atoms with van der Waals surface area (Å²) in [6.45, 7) is 0. The van der Waals surface area contributed by atoms with Gasteiger partial charge in [-0.3, -0.25) is 14.4 Å². The SMILES string of the molecule is Cn1c(=O)cc(C(=O)Nc2ccc(NC(=O)c3cccs3)cc2)c2ccccc21. The highest BCUT2D eigenvalue weighted by Crippen LogP contribution is 2.20. The number of para-hydroxylation sites is 1. The molecule has 2 aromatic carbocycles. The quantitative estimate of drug-likeness (QED) is 0.538. The van der Waals surface area contributed by atoms with E-state index in [1.54, 1.807) is 43.4 Å². The van der Waals surface area contributed by atoms with Crippen molar-refractivity contribution in [3.8, 4) is 0 Å². The average molecular weight is 403 g/mol. The second-order valence-corrected chi connectivity index (χ2v) is 7.38. The molecule has 0 fully saturated rings. The molecule has 4 rings (SSSR count). The molecule has 0 aliphatic rings. The Balaban J connectivity index is 1.54. The monoisotopic (exact) mass is 403 g/mol. The molecule has 0 bridgehead atoms. The highest BCUT2D eigenvalue weighted by Gasteiger charge is 2.14. The number of rotatable bonds is 4. The van der Waals surface area contributed by atoms with Crippen LogP contribution in [-0.4, -0.2) is 16.4 Å². The number of thiophene rings is 1. The van der Waals surface area contributed by atoms with Crippen LogP contribution in [0.3, 0.4) is 0 Å². The number of aromatic nitrogens is 1. The van der Waals surface area contributed by atoms with Gasteiger partial charge < -0.3 is 15.2 Å². The molecule has 0 saturated carbocycles. The summed E-state index contributed by atoms with van der Waals surface area (Å²) in [7, 11) is 1.68. The Morgan fingerprint density at radius 2 is 1.52 bits per heavy atom. The molecule has 2 amide bonds. The van der Waals surface area contributed by atoms with Crippen LogP contribution >= 0.6 is 11.3 Å². The third-order valence-corrected chi connectivity index (χ3v) is 5.41. The second-order valence-electron chi connectivity index (χ2n) is 6.44. The van der Waals surface area contributed by atoms with E-state index in [1.807, 2.05) is 29.6 Å². The Kier molecular flexibility index (Phi) is 4.97. The Labute approximate surface area is 170 Å². The number of benzene rings is 2. The first-order valence-electron chi connectivity index (χ1n) is 8.88. The highest BCUT2D eigenvalue weighted by atomic mass is 32.1. The summed E-state index contributed by atoms with van der Waals surface area (Å²) in [5.74, 6) is -0.544. The Morgan fingerprint density at radius 1 is 0.862 bits per heavy atom. The number of fused-ring (bicyclic) bond motifs is 1. The molecule has 7 heteroatoms. The summed E-state index contributed by atoms with van der Waals surface area (Å²) in [6.07, 6.45) is 0. The lowest BCUT2D eigenvalue weighted by Gasteiger charge is -2.11. The Morgan fingerprint density at radius 3 is 2.17 bits per heavy atom. The number of amides is 2. The van der Waals surface area contributed by atoms with Crippen LogP contribution in [0.4, 0.5) is 11.4 Å². The number of pyridine rings is 1. The second kappa shape index (κ2) is 7.73. The van der Waals surface area contributed by atoms with Gasteiger partial charge in [0.05, 0.1) is 16.0 Å². The third kappa shape index (κ3) is 3.81. The smallest absolute Gasteiger partial charge is 0.265 e. The Hall–Kier alpha value is -3.71. The standard InChI is InChI=1S/C22H17N3O3S/c1-25-18-6-3-2-5-16(18)17(13-20(25)26)21(27)23-14-8-10-15(11-9-14)24-22(28)19-7-4-12-29-19/h2-13H,1H3,(H,23,27)(H,24,28). The lowest BCUT2D eigenvalue weighted by molar-refractivity contribution is 0.102. The van der Waals surface area contributed by atoms with Crippen LogP contribution in [0.5, 0.6) is 0 Å². The van der Waals surface area contributed by atoms with E-state index in [4.69, 9.17) is 0 Å². The summed E-state index contributed by atoms with van der Waals surface area (Å²) in [5, 5.41) is 8.16. The van der Waals surface area contributed by atoms with Crippen LogP contribution < -0.4 is 16.2 Å². The van der Waals surface area contributed by atoms with Crippen molar-refractivity contribution in [1.82, 2.24) is 4.57 Å². The van der Waals surface area contributed by atoms with Crippen LogP contribution in [0.15, 0.2) is 76.9 Å². The van der Waals surface area contributed by atoms with Crippen molar-refractivity contribution in [3.63, 3.8) is 0 Å². The summed E-state index contributed by atoms with van der Waals surface area (Å²) in [6, 6.07) is 19.0. The molecular formula is C22H17N3O3S. The Bertz CT molecular complexity index is 1260. The molecule has 2 N–H and O–H groups in total. The fourth-order valence-corrected chi connectivity index (χ4v) is 3.65. The van der Waals surface area contributed by atoms with Crippen molar-refractivity contribution in [1.29, 1.82) is 0 Å². The number of aryl methyl sites for hydroxylation is 1. The maximum atomic E-state index is 12.8. The van der Waals surface area contributed by atoms with Crippen molar-refractivity contribution >= 4 is 45.4 Å². The molecule has 0 aliphatic heterocycles. The van der Waals surface area contributed by atoms with E-state index >= 15 is 0 Å². The average Bonchev–Trinajstić information content (AvgIpc) is 3.27. The zero-order chi connectivity index (χ0) is 20.4. The van der Waals surface area contributed by atoms with Crippen LogP contribution in [-0.2, 0) is 7.05 Å². The molecule has 4 aromatic rings. The first-order valence-corrected chi connectivity index (χ1v) is 9.76. The molecule has 0 atom stereocenters. The van der Waals surface area contributed by atoms with E-state index in [0.29, 0.717) is 32.7 Å². The predicted molar refractivity (Wildman–Crippen MR) is 116 cm³/mol. The molecular weight excluding hydrogens is 386 g/mol. The molecule has 0 unspecified atom stereocenters. The van der Waals surface area contributed by atoms with E-state index in [1.165, 1.54) is 22.0 Å². The van der Waals surface area contributed by atoms with Gasteiger partial charge in [0, 0.05) is 29.9 Å². The van der Waals surface area contributed by atoms with Gasteiger partial charge in [0.25, 0.3) is 17.4 Å². The number of carbonyl (C=O) groups excluding carboxylic acids is 2. The fourth-order valence-electron chi connectivity index (χ4n) is 3.03. The molecule has 0 radical (unpaired) electrons. The summed E-state index contributed by atoms with van der Waals surface area (Å²) < 4.78 is 1.51. The lowest BCUT2D eigenvalue weighted by atomic mass is 10.1. The third-order valence-electron chi connectivity index (χ3n) is 4.54. The fraction of sp³-hybridized carbons (Fsp3) is 0.0455. The summed E-state index contributed by atoms with van der Waals surface area (Å²) >= 11 is 1.37. The van der Waals surface area contributed by atoms with E-state index in [2.05, 4.69) is 10.6 Å². The molecule has 2 heterocycles. The number of nitrogens with one attached hydrogen (secondary N) is 2. The number of hydrogen-bond donors (Lipinski definition) is 2. The van der Waals surface area contributed by atoms with Gasteiger partial charge >= 0.3 is 0 Å². The molecule has 0 aliphatic carbocycles. The molecule has 0 saturated heterocycles. The maximum Gasteiger partial charge on any atom is 0.265 e. The van der Waals surface area contributed by atoms with E-state index < -0.39 is 0 Å². The first-order chi connectivity index (χ1) is 14.0. The van der Waals surface area contributed by atoms with Gasteiger partial charge in [-0.1, -0.05) is 24.3 Å². The van der Waals surface area contributed by atoms with Crippen LogP contribution in [0.25, 0.3) is 10.9 Å². The van der Waals surface area contributed by atoms with Gasteiger partial charge in [-0.2, -0.15) is 0 Å². The van der Waals surface area contributed by atoms with Crippen LogP contribution in [0.1, 0.15) is 20.0 Å². The lowest BCUT2D eigenvalue weighted by Crippen LogP contribution is -2.21. The van der Waals surface area contributed by atoms with Gasteiger partial charge in [-0.15, -0.1) is 11.3 Å². The van der Waals surface area contributed by atoms with Crippen molar-refractivity contribution in [2.24, 2.45) is 7.05 Å². The van der Waals surface area contributed by atoms with E-state index in [9.17, 15) is 14.4 Å². The van der Waals surface area contributed by atoms with Crippen molar-refractivity contribution in [2.75, 3.05) is 10.6 Å². The molecule has 6 nitrogen and oxygen atoms in total. The zero-order valence-corrected chi connectivity index (χ0v) is 16.3. The minimum Gasteiger partial charge on any atom is -0.322 e. The van der Waals surface area contributed by atoms with Crippen molar-refractivity contribution < 1.29 is 9.59 Å². The minimum absolute atomic E-state index is 0.177. The normalized spacial score (nSPS) is 10.7. The minimum atomic E-state index is -0.366. The largest absolute Gasteiger partial charge is 0.322 e. The maximum absolute atomic E-state index is 12.8. The molecule has 2 aromatic heterocycles. The topological polar surface area (TPSA) is 80.2 Å². The predicted octanol–water partition coefficient (Wildman–Crippen LogP) is 4.10. The van der Waals surface area contributed by atoms with Gasteiger partial charge in [0.2, 0.25) is 0 Å². The van der Waals surface area contributed by atoms with Gasteiger partial charge in [0.1, 0.15) is 0 Å². The highest BCUT2D eigenvalue weighted by molar-refractivity contribution is 7.12.